The Kier molecular flexibility index (Phi) is 6.28. The van der Waals surface area contributed by atoms with Crippen molar-refractivity contribution in [2.45, 2.75) is 13.1 Å². The summed E-state index contributed by atoms with van der Waals surface area (Å²) in [4.78, 5) is 22.3. The number of nitrogens with one attached hydrogen (secondary N) is 2. The van der Waals surface area contributed by atoms with Gasteiger partial charge in [-0.2, -0.15) is 8.42 Å². The normalized spacial score (nSPS) is 12.6. The van der Waals surface area contributed by atoms with E-state index in [0.717, 1.165) is 12.2 Å². The Morgan fingerprint density at radius 1 is 1.22 bits per heavy atom. The zero-order valence-corrected chi connectivity index (χ0v) is 10.7. The van der Waals surface area contributed by atoms with Gasteiger partial charge in [0.05, 0.1) is 5.75 Å². The SMILES string of the molecule is C=CC(=O)NC(NC(=O)C=C)C(C)CS(=O)(=O)O. The molecule has 1 unspecified atom stereocenters. The Balaban J connectivity index is 4.83. The van der Waals surface area contributed by atoms with E-state index in [9.17, 15) is 18.0 Å². The van der Waals surface area contributed by atoms with Crippen LogP contribution in [0.4, 0.5) is 0 Å². The van der Waals surface area contributed by atoms with Gasteiger partial charge in [0.1, 0.15) is 6.17 Å². The highest BCUT2D eigenvalue weighted by atomic mass is 32.2. The van der Waals surface area contributed by atoms with Crippen LogP contribution in [0.25, 0.3) is 0 Å². The number of carbonyl (C=O) groups is 2. The van der Waals surface area contributed by atoms with Gasteiger partial charge >= 0.3 is 0 Å². The molecule has 0 aliphatic heterocycles. The average molecular weight is 276 g/mol. The van der Waals surface area contributed by atoms with Crippen molar-refractivity contribution in [2.24, 2.45) is 5.92 Å². The lowest BCUT2D eigenvalue weighted by atomic mass is 10.1. The maximum atomic E-state index is 11.1. The molecule has 0 bridgehead atoms. The quantitative estimate of drug-likeness (QED) is 0.328. The lowest BCUT2D eigenvalue weighted by Gasteiger charge is -2.24. The van der Waals surface area contributed by atoms with Crippen LogP contribution >= 0.6 is 0 Å². The van der Waals surface area contributed by atoms with Crippen LogP contribution in [-0.4, -0.2) is 36.7 Å². The summed E-state index contributed by atoms with van der Waals surface area (Å²) in [6.45, 7) is 7.92. The first-order valence-electron chi connectivity index (χ1n) is 5.00. The standard InChI is InChI=1S/C10H16N2O5S/c1-4-8(13)11-10(12-9(14)5-2)7(3)6-18(15,16)17/h4-5,7,10H,1-2,6H2,3H3,(H,11,13)(H,12,14)(H,15,16,17). The Bertz CT molecular complexity index is 421. The van der Waals surface area contributed by atoms with E-state index in [1.165, 1.54) is 6.92 Å². The highest BCUT2D eigenvalue weighted by molar-refractivity contribution is 7.85. The topological polar surface area (TPSA) is 113 Å². The molecule has 1 atom stereocenters. The summed E-state index contributed by atoms with van der Waals surface area (Å²) in [7, 11) is -4.21. The van der Waals surface area contributed by atoms with Crippen LogP contribution in [0.1, 0.15) is 6.92 Å². The summed E-state index contributed by atoms with van der Waals surface area (Å²) in [5.74, 6) is -2.49. The second kappa shape index (κ2) is 6.92. The summed E-state index contributed by atoms with van der Waals surface area (Å²) in [5.41, 5.74) is 0. The minimum Gasteiger partial charge on any atom is -0.332 e. The fraction of sp³-hybridized carbons (Fsp3) is 0.400. The number of hydrogen-bond acceptors (Lipinski definition) is 4. The van der Waals surface area contributed by atoms with E-state index >= 15 is 0 Å². The van der Waals surface area contributed by atoms with Gasteiger partial charge in [0, 0.05) is 5.92 Å². The van der Waals surface area contributed by atoms with Crippen LogP contribution in [-0.2, 0) is 19.7 Å². The molecule has 8 heteroatoms. The van der Waals surface area contributed by atoms with Crippen molar-refractivity contribution in [3.05, 3.63) is 25.3 Å². The number of rotatable bonds is 7. The van der Waals surface area contributed by atoms with Crippen molar-refractivity contribution in [1.82, 2.24) is 10.6 Å². The van der Waals surface area contributed by atoms with Crippen LogP contribution in [0.5, 0.6) is 0 Å². The van der Waals surface area contributed by atoms with Gasteiger partial charge in [0.25, 0.3) is 10.1 Å². The maximum absolute atomic E-state index is 11.1. The summed E-state index contributed by atoms with van der Waals surface area (Å²) in [6.07, 6.45) is 1.00. The number of amides is 2. The summed E-state index contributed by atoms with van der Waals surface area (Å²) in [6, 6.07) is 0. The molecule has 102 valence electrons. The molecule has 0 aromatic rings. The third-order valence-corrected chi connectivity index (χ3v) is 2.96. The van der Waals surface area contributed by atoms with Crippen molar-refractivity contribution in [2.75, 3.05) is 5.75 Å². The number of hydrogen-bond donors (Lipinski definition) is 3. The predicted octanol–water partition coefficient (Wildman–Crippen LogP) is -0.559. The van der Waals surface area contributed by atoms with E-state index < -0.39 is 39.8 Å². The molecule has 0 aromatic carbocycles. The van der Waals surface area contributed by atoms with E-state index in [4.69, 9.17) is 4.55 Å². The summed E-state index contributed by atoms with van der Waals surface area (Å²) >= 11 is 0. The highest BCUT2D eigenvalue weighted by Gasteiger charge is 2.24. The largest absolute Gasteiger partial charge is 0.332 e. The van der Waals surface area contributed by atoms with Gasteiger partial charge in [-0.1, -0.05) is 20.1 Å². The Morgan fingerprint density at radius 2 is 1.61 bits per heavy atom. The molecule has 0 radical (unpaired) electrons. The molecule has 3 N–H and O–H groups in total. The van der Waals surface area contributed by atoms with E-state index in [1.807, 2.05) is 0 Å². The fourth-order valence-electron chi connectivity index (χ4n) is 1.17. The second-order valence-electron chi connectivity index (χ2n) is 3.63. The van der Waals surface area contributed by atoms with Crippen molar-refractivity contribution in [1.29, 1.82) is 0 Å². The second-order valence-corrected chi connectivity index (χ2v) is 5.13. The van der Waals surface area contributed by atoms with Crippen LogP contribution < -0.4 is 10.6 Å². The van der Waals surface area contributed by atoms with E-state index in [0.29, 0.717) is 0 Å². The van der Waals surface area contributed by atoms with Crippen LogP contribution in [0.2, 0.25) is 0 Å². The van der Waals surface area contributed by atoms with Gasteiger partial charge in [-0.25, -0.2) is 0 Å². The Morgan fingerprint density at radius 3 is 1.89 bits per heavy atom. The Labute approximate surface area is 106 Å². The summed E-state index contributed by atoms with van der Waals surface area (Å²) in [5, 5.41) is 4.68. The first-order chi connectivity index (χ1) is 8.19. The van der Waals surface area contributed by atoms with Crippen LogP contribution in [0.3, 0.4) is 0 Å². The third-order valence-electron chi connectivity index (χ3n) is 2.01. The zero-order valence-electron chi connectivity index (χ0n) is 9.92. The molecule has 0 aliphatic rings. The fourth-order valence-corrected chi connectivity index (χ4v) is 2.03. The molecular formula is C10H16N2O5S. The van der Waals surface area contributed by atoms with Crippen molar-refractivity contribution in [3.8, 4) is 0 Å². The lowest BCUT2D eigenvalue weighted by Crippen LogP contribution is -2.52. The lowest BCUT2D eigenvalue weighted by molar-refractivity contribution is -0.120. The highest BCUT2D eigenvalue weighted by Crippen LogP contribution is 2.04. The Hall–Kier alpha value is -1.67. The molecule has 18 heavy (non-hydrogen) atoms. The molecule has 2 amide bonds. The van der Waals surface area contributed by atoms with Crippen molar-refractivity contribution >= 4 is 21.9 Å². The van der Waals surface area contributed by atoms with Gasteiger partial charge < -0.3 is 10.6 Å². The molecule has 0 heterocycles. The average Bonchev–Trinajstić information content (AvgIpc) is 2.25. The smallest absolute Gasteiger partial charge is 0.265 e. The first-order valence-corrected chi connectivity index (χ1v) is 6.61. The zero-order chi connectivity index (χ0) is 14.3. The maximum Gasteiger partial charge on any atom is 0.265 e. The molecule has 0 saturated carbocycles. The monoisotopic (exact) mass is 276 g/mol. The molecule has 0 aliphatic carbocycles. The minimum absolute atomic E-state index is 0.577. The molecule has 0 rings (SSSR count). The molecule has 0 spiro atoms. The van der Waals surface area contributed by atoms with Gasteiger partial charge in [-0.15, -0.1) is 0 Å². The van der Waals surface area contributed by atoms with E-state index in [2.05, 4.69) is 23.8 Å². The molecule has 0 aromatic heterocycles. The van der Waals surface area contributed by atoms with E-state index in [-0.39, 0.29) is 0 Å². The van der Waals surface area contributed by atoms with Gasteiger partial charge in [-0.3, -0.25) is 14.1 Å². The van der Waals surface area contributed by atoms with Crippen LogP contribution in [0, 0.1) is 5.92 Å². The molecule has 0 fully saturated rings. The van der Waals surface area contributed by atoms with Gasteiger partial charge in [-0.05, 0) is 12.2 Å². The third kappa shape index (κ3) is 6.81. The molecule has 0 saturated heterocycles. The molecule has 7 nitrogen and oxygen atoms in total. The van der Waals surface area contributed by atoms with Crippen molar-refractivity contribution in [3.63, 3.8) is 0 Å². The van der Waals surface area contributed by atoms with Crippen molar-refractivity contribution < 1.29 is 22.6 Å². The summed E-state index contributed by atoms with van der Waals surface area (Å²) < 4.78 is 30.2. The first kappa shape index (κ1) is 16.3. The predicted molar refractivity (Wildman–Crippen MR) is 66.0 cm³/mol. The van der Waals surface area contributed by atoms with E-state index in [1.54, 1.807) is 0 Å². The van der Waals surface area contributed by atoms with Gasteiger partial charge in [0.2, 0.25) is 11.8 Å². The minimum atomic E-state index is -4.21. The molecular weight excluding hydrogens is 260 g/mol. The van der Waals surface area contributed by atoms with Gasteiger partial charge in [0.15, 0.2) is 0 Å². The number of carbonyl (C=O) groups excluding carboxylic acids is 2. The van der Waals surface area contributed by atoms with Crippen LogP contribution in [0.15, 0.2) is 25.3 Å².